The smallest absolute Gasteiger partial charge is 0.259 e. The number of fused-ring (bicyclic) bond motifs is 2. The highest BCUT2D eigenvalue weighted by Gasteiger charge is 2.28. The van der Waals surface area contributed by atoms with E-state index in [0.29, 0.717) is 24.2 Å². The first-order valence-electron chi connectivity index (χ1n) is 11.8. The van der Waals surface area contributed by atoms with Gasteiger partial charge in [0.05, 0.1) is 17.8 Å². The zero-order chi connectivity index (χ0) is 24.1. The second-order valence-electron chi connectivity index (χ2n) is 8.44. The Hall–Kier alpha value is -3.09. The molecule has 1 N–H and O–H groups in total. The number of amides is 2. The number of carbonyl (C=O) groups is 2. The Bertz CT molecular complexity index is 1170. The molecule has 1 aliphatic rings. The van der Waals surface area contributed by atoms with Crippen molar-refractivity contribution in [3.8, 4) is 0 Å². The summed E-state index contributed by atoms with van der Waals surface area (Å²) < 4.78 is 0. The highest BCUT2D eigenvalue weighted by molar-refractivity contribution is 7.99. The van der Waals surface area contributed by atoms with E-state index in [1.54, 1.807) is 16.7 Å². The molecule has 3 aromatic carbocycles. The monoisotopic (exact) mass is 473 g/mol. The van der Waals surface area contributed by atoms with E-state index in [-0.39, 0.29) is 11.8 Å². The Labute approximate surface area is 206 Å². The van der Waals surface area contributed by atoms with Crippen LogP contribution in [0.3, 0.4) is 0 Å². The van der Waals surface area contributed by atoms with Crippen molar-refractivity contribution in [1.82, 2.24) is 10.2 Å². The van der Waals surface area contributed by atoms with E-state index < -0.39 is 0 Å². The second kappa shape index (κ2) is 10.9. The summed E-state index contributed by atoms with van der Waals surface area (Å²) in [6.07, 6.45) is 0. The lowest BCUT2D eigenvalue weighted by Gasteiger charge is -2.24. The van der Waals surface area contributed by atoms with Crippen molar-refractivity contribution in [3.63, 3.8) is 0 Å². The first-order chi connectivity index (χ1) is 16.5. The molecule has 0 atom stereocenters. The van der Waals surface area contributed by atoms with E-state index in [9.17, 15) is 9.59 Å². The van der Waals surface area contributed by atoms with Crippen LogP contribution in [0.4, 0.5) is 5.69 Å². The molecule has 0 radical (unpaired) electrons. The Morgan fingerprint density at radius 3 is 2.44 bits per heavy atom. The van der Waals surface area contributed by atoms with Crippen LogP contribution in [-0.2, 0) is 6.54 Å². The van der Waals surface area contributed by atoms with Gasteiger partial charge in [0.1, 0.15) is 0 Å². The number of benzene rings is 3. The van der Waals surface area contributed by atoms with Crippen LogP contribution in [0.15, 0.2) is 76.5 Å². The summed E-state index contributed by atoms with van der Waals surface area (Å²) in [6.45, 7) is 10.0. The Morgan fingerprint density at radius 2 is 1.71 bits per heavy atom. The molecule has 0 saturated carbocycles. The highest BCUT2D eigenvalue weighted by Crippen LogP contribution is 2.42. The third-order valence-corrected chi connectivity index (χ3v) is 7.30. The molecule has 0 bridgehead atoms. The van der Waals surface area contributed by atoms with Crippen LogP contribution in [-0.4, -0.2) is 42.9 Å². The van der Waals surface area contributed by atoms with Crippen LogP contribution < -0.4 is 10.2 Å². The highest BCUT2D eigenvalue weighted by atomic mass is 32.2. The van der Waals surface area contributed by atoms with Crippen LogP contribution in [0.2, 0.25) is 0 Å². The van der Waals surface area contributed by atoms with Crippen LogP contribution in [0.5, 0.6) is 0 Å². The SMILES string of the molecule is CCN(CC)CCNC(=O)c1ccc2c(c1)N(Cc1ccc(C)cc1)C(=O)c1ccccc1S2. The molecule has 1 aliphatic heterocycles. The molecule has 0 unspecified atom stereocenters. The number of anilines is 1. The van der Waals surface area contributed by atoms with Crippen molar-refractivity contribution in [3.05, 3.63) is 89.0 Å². The van der Waals surface area contributed by atoms with Crippen LogP contribution in [0, 0.1) is 6.92 Å². The minimum Gasteiger partial charge on any atom is -0.351 e. The fraction of sp³-hybridized carbons (Fsp3) is 0.286. The van der Waals surface area contributed by atoms with Gasteiger partial charge in [-0.2, -0.15) is 0 Å². The van der Waals surface area contributed by atoms with Gasteiger partial charge in [-0.25, -0.2) is 0 Å². The first-order valence-corrected chi connectivity index (χ1v) is 12.6. The van der Waals surface area contributed by atoms with Gasteiger partial charge >= 0.3 is 0 Å². The van der Waals surface area contributed by atoms with Gasteiger partial charge < -0.3 is 15.1 Å². The van der Waals surface area contributed by atoms with E-state index in [4.69, 9.17) is 0 Å². The molecule has 4 rings (SSSR count). The lowest BCUT2D eigenvalue weighted by atomic mass is 10.1. The summed E-state index contributed by atoms with van der Waals surface area (Å²) in [4.78, 5) is 32.6. The fourth-order valence-corrected chi connectivity index (χ4v) is 5.12. The van der Waals surface area contributed by atoms with Crippen molar-refractivity contribution in [2.24, 2.45) is 0 Å². The quantitative estimate of drug-likeness (QED) is 0.477. The van der Waals surface area contributed by atoms with Crippen molar-refractivity contribution in [2.45, 2.75) is 37.1 Å². The molecule has 176 valence electrons. The average molecular weight is 474 g/mol. The third-order valence-electron chi connectivity index (χ3n) is 6.16. The average Bonchev–Trinajstić information content (AvgIpc) is 2.97. The summed E-state index contributed by atoms with van der Waals surface area (Å²) in [5.41, 5.74) is 4.23. The minimum atomic E-state index is -0.121. The van der Waals surface area contributed by atoms with Crippen molar-refractivity contribution in [2.75, 3.05) is 31.1 Å². The zero-order valence-corrected chi connectivity index (χ0v) is 20.8. The van der Waals surface area contributed by atoms with Crippen molar-refractivity contribution < 1.29 is 9.59 Å². The predicted molar refractivity (Wildman–Crippen MR) is 139 cm³/mol. The van der Waals surface area contributed by atoms with E-state index in [1.807, 2.05) is 49.4 Å². The van der Waals surface area contributed by atoms with E-state index >= 15 is 0 Å². The van der Waals surface area contributed by atoms with E-state index in [2.05, 4.69) is 48.3 Å². The standard InChI is InChI=1S/C28H31N3O2S/c1-4-30(5-2)17-16-29-27(32)22-14-15-26-24(18-22)31(19-21-12-10-20(3)11-13-21)28(33)23-8-6-7-9-25(23)34-26/h6-15,18H,4-5,16-17,19H2,1-3H3,(H,29,32). The Morgan fingerprint density at radius 1 is 0.971 bits per heavy atom. The number of nitrogens with zero attached hydrogens (tertiary/aromatic N) is 2. The lowest BCUT2D eigenvalue weighted by molar-refractivity contribution is 0.0945. The van der Waals surface area contributed by atoms with Crippen LogP contribution in [0.1, 0.15) is 45.7 Å². The van der Waals surface area contributed by atoms with Gasteiger partial charge in [0, 0.05) is 28.4 Å². The number of hydrogen-bond donors (Lipinski definition) is 1. The lowest BCUT2D eigenvalue weighted by Crippen LogP contribution is -2.35. The molecule has 6 heteroatoms. The molecule has 0 saturated heterocycles. The van der Waals surface area contributed by atoms with Gasteiger partial charge in [0.2, 0.25) is 0 Å². The molecule has 3 aromatic rings. The summed E-state index contributed by atoms with van der Waals surface area (Å²) in [6, 6.07) is 21.6. The zero-order valence-electron chi connectivity index (χ0n) is 20.0. The number of nitrogens with one attached hydrogen (secondary N) is 1. The molecule has 34 heavy (non-hydrogen) atoms. The third kappa shape index (κ3) is 5.34. The first kappa shape index (κ1) is 24.0. The molecule has 0 spiro atoms. The maximum absolute atomic E-state index is 13.7. The van der Waals surface area contributed by atoms with Gasteiger partial charge in [-0.15, -0.1) is 0 Å². The molecule has 1 heterocycles. The Kier molecular flexibility index (Phi) is 7.70. The summed E-state index contributed by atoms with van der Waals surface area (Å²) in [5.74, 6) is -0.175. The summed E-state index contributed by atoms with van der Waals surface area (Å²) in [7, 11) is 0. The van der Waals surface area contributed by atoms with Crippen LogP contribution in [0.25, 0.3) is 0 Å². The number of rotatable bonds is 8. The Balaban J connectivity index is 1.65. The molecule has 0 aliphatic carbocycles. The molecule has 5 nitrogen and oxygen atoms in total. The molecular formula is C28H31N3O2S. The molecule has 0 fully saturated rings. The topological polar surface area (TPSA) is 52.7 Å². The van der Waals surface area contributed by atoms with Gasteiger partial charge in [0.15, 0.2) is 0 Å². The molecule has 0 aromatic heterocycles. The number of aryl methyl sites for hydroxylation is 1. The fourth-order valence-electron chi connectivity index (χ4n) is 4.06. The van der Waals surface area contributed by atoms with Gasteiger partial charge in [-0.1, -0.05) is 67.6 Å². The number of hydrogen-bond acceptors (Lipinski definition) is 4. The van der Waals surface area contributed by atoms with E-state index in [0.717, 1.165) is 40.7 Å². The molecule has 2 amide bonds. The van der Waals surface area contributed by atoms with Gasteiger partial charge in [0.25, 0.3) is 11.8 Å². The summed E-state index contributed by atoms with van der Waals surface area (Å²) in [5, 5.41) is 3.03. The predicted octanol–water partition coefficient (Wildman–Crippen LogP) is 5.38. The largest absolute Gasteiger partial charge is 0.351 e. The van der Waals surface area contributed by atoms with Crippen molar-refractivity contribution in [1.29, 1.82) is 0 Å². The number of carbonyl (C=O) groups excluding carboxylic acids is 2. The normalized spacial score (nSPS) is 12.8. The number of likely N-dealkylation sites (N-methyl/N-ethyl adjacent to an activating group) is 1. The molecular weight excluding hydrogens is 442 g/mol. The van der Waals surface area contributed by atoms with Gasteiger partial charge in [-0.05, 0) is 55.9 Å². The maximum Gasteiger partial charge on any atom is 0.259 e. The van der Waals surface area contributed by atoms with Gasteiger partial charge in [-0.3, -0.25) is 9.59 Å². The second-order valence-corrected chi connectivity index (χ2v) is 9.52. The minimum absolute atomic E-state index is 0.0542. The maximum atomic E-state index is 13.7. The van der Waals surface area contributed by atoms with Crippen molar-refractivity contribution >= 4 is 29.3 Å². The summed E-state index contributed by atoms with van der Waals surface area (Å²) >= 11 is 1.57. The van der Waals surface area contributed by atoms with Crippen LogP contribution >= 0.6 is 11.8 Å². The van der Waals surface area contributed by atoms with E-state index in [1.165, 1.54) is 5.56 Å².